The molecule has 2 aliphatic rings. The van der Waals surface area contributed by atoms with E-state index in [2.05, 4.69) is 30.7 Å². The highest BCUT2D eigenvalue weighted by molar-refractivity contribution is 4.83. The van der Waals surface area contributed by atoms with E-state index >= 15 is 0 Å². The molecule has 2 heterocycles. The first-order chi connectivity index (χ1) is 7.15. The van der Waals surface area contributed by atoms with Gasteiger partial charge < -0.3 is 9.64 Å². The van der Waals surface area contributed by atoms with Crippen LogP contribution in [0, 0.1) is 0 Å². The van der Waals surface area contributed by atoms with Gasteiger partial charge in [0.25, 0.3) is 0 Å². The maximum atomic E-state index is 5.78. The van der Waals surface area contributed by atoms with Gasteiger partial charge in [0.1, 0.15) is 0 Å². The Morgan fingerprint density at radius 2 is 1.53 bits per heavy atom. The molecule has 0 N–H and O–H groups in total. The summed E-state index contributed by atoms with van der Waals surface area (Å²) in [5.74, 6) is 0. The van der Waals surface area contributed by atoms with E-state index in [4.69, 9.17) is 4.74 Å². The first kappa shape index (κ1) is 11.4. The highest BCUT2D eigenvalue weighted by Crippen LogP contribution is 2.20. The zero-order valence-electron chi connectivity index (χ0n) is 10.3. The second-order valence-corrected chi connectivity index (χ2v) is 5.25. The van der Waals surface area contributed by atoms with Crippen molar-refractivity contribution in [2.45, 2.75) is 44.9 Å². The summed E-state index contributed by atoms with van der Waals surface area (Å²) >= 11 is 0. The van der Waals surface area contributed by atoms with Crippen molar-refractivity contribution in [3.05, 3.63) is 0 Å². The van der Waals surface area contributed by atoms with Crippen LogP contribution < -0.4 is 0 Å². The summed E-state index contributed by atoms with van der Waals surface area (Å²) in [5, 5.41) is 0. The van der Waals surface area contributed by atoms with Crippen LogP contribution in [0.15, 0.2) is 0 Å². The average molecular weight is 212 g/mol. The van der Waals surface area contributed by atoms with Crippen molar-refractivity contribution in [1.82, 2.24) is 9.80 Å². The smallest absolute Gasteiger partial charge is 0.0678 e. The largest absolute Gasteiger partial charge is 0.373 e. The lowest BCUT2D eigenvalue weighted by atomic mass is 10.0. The Morgan fingerprint density at radius 1 is 1.00 bits per heavy atom. The van der Waals surface area contributed by atoms with E-state index in [1.165, 1.54) is 25.9 Å². The molecule has 0 aliphatic carbocycles. The molecule has 0 spiro atoms. The lowest BCUT2D eigenvalue weighted by Gasteiger charge is -2.43. The van der Waals surface area contributed by atoms with E-state index in [1.807, 2.05) is 0 Å². The monoisotopic (exact) mass is 212 g/mol. The fraction of sp³-hybridized carbons (Fsp3) is 1.00. The summed E-state index contributed by atoms with van der Waals surface area (Å²) in [5.41, 5.74) is 0. The predicted molar refractivity (Wildman–Crippen MR) is 62.1 cm³/mol. The number of ether oxygens (including phenoxy) is 1. The summed E-state index contributed by atoms with van der Waals surface area (Å²) < 4.78 is 5.78. The van der Waals surface area contributed by atoms with Crippen LogP contribution in [0.25, 0.3) is 0 Å². The summed E-state index contributed by atoms with van der Waals surface area (Å²) in [7, 11) is 2.22. The Labute approximate surface area is 93.4 Å². The van der Waals surface area contributed by atoms with Crippen molar-refractivity contribution in [3.8, 4) is 0 Å². The topological polar surface area (TPSA) is 15.7 Å². The molecule has 0 bridgehead atoms. The third kappa shape index (κ3) is 2.92. The summed E-state index contributed by atoms with van der Waals surface area (Å²) in [6, 6.07) is 0.801. The van der Waals surface area contributed by atoms with Crippen LogP contribution in [-0.2, 0) is 4.74 Å². The lowest BCUT2D eigenvalue weighted by molar-refractivity contribution is -0.0858. The number of hydrogen-bond acceptors (Lipinski definition) is 3. The normalized spacial score (nSPS) is 37.0. The first-order valence-corrected chi connectivity index (χ1v) is 6.23. The summed E-state index contributed by atoms with van der Waals surface area (Å²) in [6.07, 6.45) is 3.48. The van der Waals surface area contributed by atoms with Gasteiger partial charge in [-0.05, 0) is 46.8 Å². The van der Waals surface area contributed by atoms with Gasteiger partial charge in [-0.1, -0.05) is 0 Å². The molecule has 0 aromatic rings. The summed E-state index contributed by atoms with van der Waals surface area (Å²) in [4.78, 5) is 5.08. The minimum Gasteiger partial charge on any atom is -0.373 e. The molecule has 3 heteroatoms. The van der Waals surface area contributed by atoms with Crippen molar-refractivity contribution < 1.29 is 4.74 Å². The van der Waals surface area contributed by atoms with Gasteiger partial charge in [-0.2, -0.15) is 0 Å². The Hall–Kier alpha value is -0.120. The van der Waals surface area contributed by atoms with Crippen molar-refractivity contribution in [3.63, 3.8) is 0 Å². The Morgan fingerprint density at radius 3 is 2.07 bits per heavy atom. The zero-order chi connectivity index (χ0) is 10.8. The predicted octanol–water partition coefficient (Wildman–Crippen LogP) is 1.19. The van der Waals surface area contributed by atoms with Crippen LogP contribution in [0.3, 0.4) is 0 Å². The molecular formula is C12H24N2O. The number of morpholine rings is 1. The molecule has 2 unspecified atom stereocenters. The van der Waals surface area contributed by atoms with Crippen LogP contribution in [0.5, 0.6) is 0 Å². The van der Waals surface area contributed by atoms with Gasteiger partial charge in [0.15, 0.2) is 0 Å². The minimum atomic E-state index is 0.411. The fourth-order valence-electron chi connectivity index (χ4n) is 2.88. The van der Waals surface area contributed by atoms with Crippen LogP contribution >= 0.6 is 0 Å². The second kappa shape index (κ2) is 4.81. The number of nitrogens with zero attached hydrogens (tertiary/aromatic N) is 2. The van der Waals surface area contributed by atoms with E-state index in [-0.39, 0.29) is 0 Å². The van der Waals surface area contributed by atoms with Crippen LogP contribution in [0.1, 0.15) is 26.7 Å². The molecule has 2 fully saturated rings. The molecule has 0 saturated carbocycles. The molecule has 0 aromatic carbocycles. The molecule has 0 aromatic heterocycles. The number of piperidine rings is 1. The van der Waals surface area contributed by atoms with E-state index in [0.29, 0.717) is 12.2 Å². The van der Waals surface area contributed by atoms with Gasteiger partial charge in [-0.25, -0.2) is 0 Å². The highest BCUT2D eigenvalue weighted by atomic mass is 16.5. The summed E-state index contributed by atoms with van der Waals surface area (Å²) in [6.45, 7) is 9.14. The molecule has 2 aliphatic heterocycles. The number of hydrogen-bond donors (Lipinski definition) is 0. The molecule has 2 rings (SSSR count). The van der Waals surface area contributed by atoms with Crippen molar-refractivity contribution in [2.75, 3.05) is 33.2 Å². The van der Waals surface area contributed by atoms with Crippen molar-refractivity contribution >= 4 is 0 Å². The van der Waals surface area contributed by atoms with Gasteiger partial charge in [-0.15, -0.1) is 0 Å². The zero-order valence-corrected chi connectivity index (χ0v) is 10.3. The third-order valence-corrected chi connectivity index (χ3v) is 3.65. The maximum absolute atomic E-state index is 5.78. The van der Waals surface area contributed by atoms with Crippen molar-refractivity contribution in [1.29, 1.82) is 0 Å². The Balaban J connectivity index is 1.87. The Kier molecular flexibility index (Phi) is 3.65. The lowest BCUT2D eigenvalue weighted by Crippen LogP contribution is -2.52. The number of likely N-dealkylation sites (tertiary alicyclic amines) is 1. The van der Waals surface area contributed by atoms with E-state index in [0.717, 1.165) is 19.1 Å². The van der Waals surface area contributed by atoms with Crippen LogP contribution in [-0.4, -0.2) is 61.3 Å². The van der Waals surface area contributed by atoms with Gasteiger partial charge in [0.05, 0.1) is 12.2 Å². The highest BCUT2D eigenvalue weighted by Gasteiger charge is 2.29. The van der Waals surface area contributed by atoms with Crippen molar-refractivity contribution in [2.24, 2.45) is 0 Å². The number of rotatable bonds is 1. The van der Waals surface area contributed by atoms with Crippen LogP contribution in [0.2, 0.25) is 0 Å². The van der Waals surface area contributed by atoms with Gasteiger partial charge in [0.2, 0.25) is 0 Å². The van der Waals surface area contributed by atoms with E-state index < -0.39 is 0 Å². The quantitative estimate of drug-likeness (QED) is 0.649. The van der Waals surface area contributed by atoms with Crippen LogP contribution in [0.4, 0.5) is 0 Å². The second-order valence-electron chi connectivity index (χ2n) is 5.25. The first-order valence-electron chi connectivity index (χ1n) is 6.23. The molecule has 0 amide bonds. The fourth-order valence-corrected chi connectivity index (χ4v) is 2.88. The SMILES string of the molecule is CC1CN(C2CCN(C)CC2)CC(C)O1. The maximum Gasteiger partial charge on any atom is 0.0678 e. The minimum absolute atomic E-state index is 0.411. The Bertz CT molecular complexity index is 192. The standard InChI is InChI=1S/C12H24N2O/c1-10-8-14(9-11(2)15-10)12-4-6-13(3)7-5-12/h10-12H,4-9H2,1-3H3. The van der Waals surface area contributed by atoms with E-state index in [9.17, 15) is 0 Å². The van der Waals surface area contributed by atoms with Gasteiger partial charge in [0, 0.05) is 19.1 Å². The molecule has 15 heavy (non-hydrogen) atoms. The molecular weight excluding hydrogens is 188 g/mol. The molecule has 88 valence electrons. The van der Waals surface area contributed by atoms with Gasteiger partial charge >= 0.3 is 0 Å². The third-order valence-electron chi connectivity index (χ3n) is 3.65. The molecule has 2 saturated heterocycles. The molecule has 3 nitrogen and oxygen atoms in total. The van der Waals surface area contributed by atoms with Gasteiger partial charge in [-0.3, -0.25) is 4.90 Å². The van der Waals surface area contributed by atoms with E-state index in [1.54, 1.807) is 0 Å². The average Bonchev–Trinajstić information content (AvgIpc) is 2.17. The molecule has 0 radical (unpaired) electrons. The molecule has 2 atom stereocenters.